The van der Waals surface area contributed by atoms with Crippen LogP contribution in [0.25, 0.3) is 65.4 Å². The normalized spacial score (nSPS) is 12.2. The van der Waals surface area contributed by atoms with Crippen molar-refractivity contribution in [2.45, 2.75) is 107 Å². The molecule has 2 heterocycles. The van der Waals surface area contributed by atoms with E-state index in [1.165, 1.54) is 78.0 Å². The van der Waals surface area contributed by atoms with E-state index in [-0.39, 0.29) is 11.8 Å². The molecule has 350 valence electrons. The highest BCUT2D eigenvalue weighted by Gasteiger charge is 2.29. The summed E-state index contributed by atoms with van der Waals surface area (Å²) in [5.74, 6) is 1.18. The molecule has 0 fully saturated rings. The largest absolute Gasteiger partial charge is 0.456 e. The maximum Gasteiger partial charge on any atom is 0.140 e. The summed E-state index contributed by atoms with van der Waals surface area (Å²) in [6.45, 7) is 27.1. The molecule has 0 aliphatic heterocycles. The van der Waals surface area contributed by atoms with Crippen LogP contribution >= 0.6 is 0 Å². The molecule has 2 aromatic heterocycles. The fourth-order valence-electron chi connectivity index (χ4n) is 11.1. The number of aryl methyl sites for hydroxylation is 4. The highest BCUT2D eigenvalue weighted by atomic mass is 16.3. The first-order valence-corrected chi connectivity index (χ1v) is 25.3. The van der Waals surface area contributed by atoms with Gasteiger partial charge in [-0.3, -0.25) is 0 Å². The van der Waals surface area contributed by atoms with Gasteiger partial charge in [-0.15, -0.1) is 0 Å². The van der Waals surface area contributed by atoms with Crippen molar-refractivity contribution in [1.29, 1.82) is 0 Å². The van der Waals surface area contributed by atoms with E-state index in [4.69, 9.17) is 8.83 Å². The van der Waals surface area contributed by atoms with E-state index in [0.29, 0.717) is 11.8 Å². The summed E-state index contributed by atoms with van der Waals surface area (Å²) in [7, 11) is 0. The molecule has 0 amide bonds. The molecule has 4 nitrogen and oxygen atoms in total. The average molecular weight is 917 g/mol. The zero-order chi connectivity index (χ0) is 48.9. The minimum absolute atomic E-state index is 0.173. The Kier molecular flexibility index (Phi) is 11.1. The SMILES string of the molecule is Cc1ccccc1N(c1ccc2cc3c(cc2c1)oc1c(C(C)C)c2c(oc4cc5cc(N(c6ccccc6C)c6cc(C(C)C)ccc6C)ccc5cc42)c(C(C)C)c13)c1cc(C(C)C)ccc1C. The van der Waals surface area contributed by atoms with E-state index in [2.05, 4.69) is 238 Å². The van der Waals surface area contributed by atoms with Gasteiger partial charge in [-0.2, -0.15) is 0 Å². The van der Waals surface area contributed by atoms with Crippen LogP contribution in [0.5, 0.6) is 0 Å². The van der Waals surface area contributed by atoms with Gasteiger partial charge in [0.05, 0.1) is 0 Å². The Morgan fingerprint density at radius 3 is 1.10 bits per heavy atom. The highest BCUT2D eigenvalue weighted by molar-refractivity contribution is 6.22. The molecular weight excluding hydrogens is 853 g/mol. The number of hydrogen-bond acceptors (Lipinski definition) is 4. The topological polar surface area (TPSA) is 32.8 Å². The average Bonchev–Trinajstić information content (AvgIpc) is 3.88. The molecule has 4 heteroatoms. The Balaban J connectivity index is 1.10. The first kappa shape index (κ1) is 45.2. The molecule has 11 aromatic rings. The van der Waals surface area contributed by atoms with Crippen LogP contribution in [0.15, 0.2) is 154 Å². The number of rotatable bonds is 10. The molecule has 0 bridgehead atoms. The predicted octanol–water partition coefficient (Wildman–Crippen LogP) is 20.5. The molecule has 0 spiro atoms. The van der Waals surface area contributed by atoms with Gasteiger partial charge in [0.1, 0.15) is 22.3 Å². The minimum atomic E-state index is 0.173. The van der Waals surface area contributed by atoms with Crippen molar-refractivity contribution in [1.82, 2.24) is 0 Å². The van der Waals surface area contributed by atoms with Crippen LogP contribution in [0.2, 0.25) is 0 Å². The zero-order valence-electron chi connectivity index (χ0n) is 42.9. The summed E-state index contributed by atoms with van der Waals surface area (Å²) in [5.41, 5.74) is 20.7. The van der Waals surface area contributed by atoms with E-state index in [1.807, 2.05) is 0 Å². The van der Waals surface area contributed by atoms with Crippen LogP contribution in [0.4, 0.5) is 34.1 Å². The number of hydrogen-bond donors (Lipinski definition) is 0. The lowest BCUT2D eigenvalue weighted by atomic mass is 9.87. The lowest BCUT2D eigenvalue weighted by Gasteiger charge is -2.29. The van der Waals surface area contributed by atoms with Gasteiger partial charge in [-0.05, 0) is 179 Å². The molecule has 0 saturated carbocycles. The molecule has 0 radical (unpaired) electrons. The Morgan fingerprint density at radius 2 is 0.729 bits per heavy atom. The van der Waals surface area contributed by atoms with Crippen LogP contribution in [-0.2, 0) is 0 Å². The van der Waals surface area contributed by atoms with Gasteiger partial charge in [0.15, 0.2) is 0 Å². The van der Waals surface area contributed by atoms with Crippen molar-refractivity contribution in [2.24, 2.45) is 0 Å². The first-order chi connectivity index (χ1) is 33.7. The van der Waals surface area contributed by atoms with Crippen molar-refractivity contribution < 1.29 is 8.83 Å². The molecular formula is C66H64N2O2. The fourth-order valence-corrected chi connectivity index (χ4v) is 11.1. The van der Waals surface area contributed by atoms with Gasteiger partial charge >= 0.3 is 0 Å². The molecule has 9 aromatic carbocycles. The number of para-hydroxylation sites is 2. The van der Waals surface area contributed by atoms with Crippen molar-refractivity contribution in [2.75, 3.05) is 9.80 Å². The van der Waals surface area contributed by atoms with E-state index in [0.717, 1.165) is 66.0 Å². The van der Waals surface area contributed by atoms with Gasteiger partial charge < -0.3 is 18.6 Å². The third kappa shape index (κ3) is 7.42. The van der Waals surface area contributed by atoms with Gasteiger partial charge in [-0.25, -0.2) is 0 Å². The van der Waals surface area contributed by atoms with Gasteiger partial charge in [0.2, 0.25) is 0 Å². The molecule has 0 N–H and O–H groups in total. The number of fused-ring (bicyclic) bond motifs is 8. The zero-order valence-corrected chi connectivity index (χ0v) is 42.9. The number of furan rings is 2. The summed E-state index contributed by atoms with van der Waals surface area (Å²) >= 11 is 0. The first-order valence-electron chi connectivity index (χ1n) is 25.3. The summed E-state index contributed by atoms with van der Waals surface area (Å²) in [4.78, 5) is 4.87. The monoisotopic (exact) mass is 916 g/mol. The highest BCUT2D eigenvalue weighted by Crippen LogP contribution is 2.50. The van der Waals surface area contributed by atoms with E-state index < -0.39 is 0 Å². The lowest BCUT2D eigenvalue weighted by molar-refractivity contribution is 0.649. The Labute approximate surface area is 413 Å². The van der Waals surface area contributed by atoms with Crippen LogP contribution in [0.1, 0.15) is 124 Å². The standard InChI is InChI=1S/C66H64N2O2/c1-37(2)45-23-21-43(11)57(33-45)67(55-19-15-13-17-41(55)9)51-27-25-47-31-53-59(35-49(47)29-51)69-65-62(40(7)8)64-54-32-48-26-28-52(30-50(48)36-60(54)70-66(64)61(39(5)6)63(53)65)68(56-20-16-14-18-42(56)10)58-34-46(38(3)4)24-22-44(58)12/h13-40H,1-12H3. The number of anilines is 6. The van der Waals surface area contributed by atoms with Crippen LogP contribution < -0.4 is 9.80 Å². The van der Waals surface area contributed by atoms with Gasteiger partial charge in [0, 0.05) is 66.8 Å². The Bertz CT molecular complexity index is 3610. The predicted molar refractivity (Wildman–Crippen MR) is 301 cm³/mol. The Morgan fingerprint density at radius 1 is 0.343 bits per heavy atom. The van der Waals surface area contributed by atoms with E-state index in [1.54, 1.807) is 0 Å². The third-order valence-corrected chi connectivity index (χ3v) is 15.0. The summed E-state index contributed by atoms with van der Waals surface area (Å²) < 4.78 is 14.4. The van der Waals surface area contributed by atoms with Gasteiger partial charge in [0.25, 0.3) is 0 Å². The van der Waals surface area contributed by atoms with E-state index in [9.17, 15) is 0 Å². The summed E-state index contributed by atoms with van der Waals surface area (Å²) in [6, 6.07) is 54.2. The minimum Gasteiger partial charge on any atom is -0.456 e. The fraction of sp³-hybridized carbons (Fsp3) is 0.242. The Hall–Kier alpha value is -7.30. The summed E-state index contributed by atoms with van der Waals surface area (Å²) in [5, 5.41) is 9.21. The van der Waals surface area contributed by atoms with Crippen molar-refractivity contribution in [3.8, 4) is 0 Å². The maximum absolute atomic E-state index is 7.22. The molecule has 0 saturated heterocycles. The lowest BCUT2D eigenvalue weighted by Crippen LogP contribution is -2.13. The van der Waals surface area contributed by atoms with Crippen LogP contribution in [-0.4, -0.2) is 0 Å². The summed E-state index contributed by atoms with van der Waals surface area (Å²) in [6.07, 6.45) is 0. The molecule has 0 aliphatic rings. The second-order valence-electron chi connectivity index (χ2n) is 21.2. The second-order valence-corrected chi connectivity index (χ2v) is 21.2. The quantitative estimate of drug-likeness (QED) is 0.137. The molecule has 0 aliphatic carbocycles. The van der Waals surface area contributed by atoms with Crippen molar-refractivity contribution in [3.63, 3.8) is 0 Å². The molecule has 70 heavy (non-hydrogen) atoms. The van der Waals surface area contributed by atoms with Crippen LogP contribution in [0.3, 0.4) is 0 Å². The van der Waals surface area contributed by atoms with Gasteiger partial charge in [-0.1, -0.05) is 128 Å². The maximum atomic E-state index is 7.22. The second kappa shape index (κ2) is 17.3. The molecule has 0 atom stereocenters. The third-order valence-electron chi connectivity index (χ3n) is 15.0. The van der Waals surface area contributed by atoms with E-state index >= 15 is 0 Å². The molecule has 0 unspecified atom stereocenters. The number of benzene rings is 9. The number of nitrogens with zero attached hydrogens (tertiary/aromatic N) is 2. The van der Waals surface area contributed by atoms with Crippen molar-refractivity contribution >= 4 is 99.5 Å². The van der Waals surface area contributed by atoms with Crippen LogP contribution in [0, 0.1) is 27.7 Å². The molecule has 11 rings (SSSR count). The van der Waals surface area contributed by atoms with Crippen molar-refractivity contribution in [3.05, 3.63) is 190 Å². The smallest absolute Gasteiger partial charge is 0.140 e.